The predicted molar refractivity (Wildman–Crippen MR) is 151 cm³/mol. The summed E-state index contributed by atoms with van der Waals surface area (Å²) in [6.45, 7) is 7.44. The number of hydrogen-bond donors (Lipinski definition) is 1. The van der Waals surface area contributed by atoms with Crippen molar-refractivity contribution in [3.8, 4) is 11.6 Å². The van der Waals surface area contributed by atoms with Crippen LogP contribution in [0.25, 0.3) is 0 Å². The molecule has 3 aromatic rings. The number of nitrogens with zero attached hydrogens (tertiary/aromatic N) is 2. The molecule has 40 heavy (non-hydrogen) atoms. The van der Waals surface area contributed by atoms with Gasteiger partial charge in [-0.15, -0.1) is 0 Å². The molecule has 2 atom stereocenters. The number of nitrogens with one attached hydrogen (secondary N) is 1. The molecule has 1 aromatic heterocycles. The number of likely N-dealkylation sites (tertiary alicyclic amines) is 1. The van der Waals surface area contributed by atoms with Crippen LogP contribution in [0.4, 0.5) is 13.2 Å². The highest BCUT2D eigenvalue weighted by Crippen LogP contribution is 2.36. The van der Waals surface area contributed by atoms with Crippen LogP contribution in [-0.2, 0) is 12.6 Å². The fourth-order valence-electron chi connectivity index (χ4n) is 5.45. The van der Waals surface area contributed by atoms with Crippen LogP contribution < -0.4 is 10.1 Å². The second-order valence-corrected chi connectivity index (χ2v) is 10.9. The fraction of sp³-hybridized carbons (Fsp3) is 0.419. The van der Waals surface area contributed by atoms with Crippen molar-refractivity contribution in [3.05, 3.63) is 87.6 Å². The van der Waals surface area contributed by atoms with Crippen LogP contribution in [0.3, 0.4) is 0 Å². The highest BCUT2D eigenvalue weighted by Gasteiger charge is 2.33. The van der Waals surface area contributed by atoms with Gasteiger partial charge in [0, 0.05) is 30.3 Å². The number of halogens is 4. The van der Waals surface area contributed by atoms with Gasteiger partial charge in [-0.05, 0) is 87.9 Å². The Hall–Kier alpha value is -3.10. The largest absolute Gasteiger partial charge is 0.439 e. The normalized spacial score (nSPS) is 16.9. The van der Waals surface area contributed by atoms with Crippen molar-refractivity contribution in [1.82, 2.24) is 15.2 Å². The van der Waals surface area contributed by atoms with E-state index in [0.29, 0.717) is 18.5 Å². The van der Waals surface area contributed by atoms with E-state index in [2.05, 4.69) is 22.1 Å². The number of aromatic nitrogens is 1. The molecule has 4 rings (SSSR count). The monoisotopic (exact) mass is 573 g/mol. The summed E-state index contributed by atoms with van der Waals surface area (Å²) in [5, 5.41) is 3.26. The van der Waals surface area contributed by atoms with Gasteiger partial charge in [-0.1, -0.05) is 48.4 Å². The summed E-state index contributed by atoms with van der Waals surface area (Å²) in [5.74, 6) is 0.198. The SMILES string of the molecule is Cc1cccc(C)c1C(=O)NCCC(C)N1CCCCC1Cc1ccc(C(F)(F)F)cc1Oc1cccc(Cl)n1. The number of benzene rings is 2. The van der Waals surface area contributed by atoms with Crippen LogP contribution >= 0.6 is 11.6 Å². The van der Waals surface area contributed by atoms with Gasteiger partial charge in [0.25, 0.3) is 5.91 Å². The first-order valence-electron chi connectivity index (χ1n) is 13.6. The number of ether oxygens (including phenoxy) is 1. The number of aryl methyl sites for hydroxylation is 2. The lowest BCUT2D eigenvalue weighted by Crippen LogP contribution is -2.47. The minimum absolute atomic E-state index is 0.0702. The van der Waals surface area contributed by atoms with Gasteiger partial charge in [0.05, 0.1) is 5.56 Å². The topological polar surface area (TPSA) is 54.5 Å². The van der Waals surface area contributed by atoms with Crippen molar-refractivity contribution >= 4 is 17.5 Å². The molecular weight excluding hydrogens is 539 g/mol. The Morgan fingerprint density at radius 2 is 1.85 bits per heavy atom. The second kappa shape index (κ2) is 13.0. The Bertz CT molecular complexity index is 1310. The van der Waals surface area contributed by atoms with Gasteiger partial charge in [0.2, 0.25) is 5.88 Å². The first-order valence-corrected chi connectivity index (χ1v) is 14.0. The van der Waals surface area contributed by atoms with E-state index in [1.165, 1.54) is 6.07 Å². The number of alkyl halides is 3. The first-order chi connectivity index (χ1) is 19.0. The summed E-state index contributed by atoms with van der Waals surface area (Å²) in [5.41, 5.74) is 2.52. The van der Waals surface area contributed by atoms with Crippen LogP contribution in [0.1, 0.15) is 65.2 Å². The quantitative estimate of drug-likeness (QED) is 0.266. The zero-order valence-corrected chi connectivity index (χ0v) is 23.8. The minimum atomic E-state index is -4.49. The molecule has 1 saturated heterocycles. The van der Waals surface area contributed by atoms with Crippen LogP contribution in [-0.4, -0.2) is 41.0 Å². The van der Waals surface area contributed by atoms with Crippen molar-refractivity contribution in [2.24, 2.45) is 0 Å². The molecule has 0 radical (unpaired) electrons. The molecule has 2 aromatic carbocycles. The highest BCUT2D eigenvalue weighted by molar-refractivity contribution is 6.29. The third-order valence-electron chi connectivity index (χ3n) is 7.55. The van der Waals surface area contributed by atoms with Crippen molar-refractivity contribution < 1.29 is 22.7 Å². The highest BCUT2D eigenvalue weighted by atomic mass is 35.5. The average molecular weight is 574 g/mol. The minimum Gasteiger partial charge on any atom is -0.439 e. The number of pyridine rings is 1. The predicted octanol–water partition coefficient (Wildman–Crippen LogP) is 7.77. The maximum absolute atomic E-state index is 13.5. The summed E-state index contributed by atoms with van der Waals surface area (Å²) < 4.78 is 46.4. The lowest BCUT2D eigenvalue weighted by atomic mass is 9.92. The van der Waals surface area contributed by atoms with E-state index in [9.17, 15) is 18.0 Å². The number of piperidine rings is 1. The van der Waals surface area contributed by atoms with Crippen molar-refractivity contribution in [2.45, 2.75) is 71.1 Å². The number of carbonyl (C=O) groups is 1. The second-order valence-electron chi connectivity index (χ2n) is 10.5. The van der Waals surface area contributed by atoms with Crippen LogP contribution in [0.5, 0.6) is 11.6 Å². The molecule has 2 unspecified atom stereocenters. The molecule has 0 spiro atoms. The molecule has 2 heterocycles. The Kier molecular flexibility index (Phi) is 9.74. The molecule has 5 nitrogen and oxygen atoms in total. The fourth-order valence-corrected chi connectivity index (χ4v) is 5.61. The molecule has 0 aliphatic carbocycles. The number of hydrogen-bond acceptors (Lipinski definition) is 4. The van der Waals surface area contributed by atoms with Crippen molar-refractivity contribution in [2.75, 3.05) is 13.1 Å². The Morgan fingerprint density at radius 1 is 1.12 bits per heavy atom. The zero-order chi connectivity index (χ0) is 28.9. The molecule has 1 aliphatic heterocycles. The standard InChI is InChI=1S/C31H35ClF3N3O2/c1-20-8-6-9-21(2)29(20)30(39)36-16-15-22(3)38-17-5-4-10-25(38)18-23-13-14-24(31(33,34)35)19-26(23)40-28-12-7-11-27(32)37-28/h6-9,11-14,19,22,25H,4-5,10,15-18H2,1-3H3,(H,36,39). The van der Waals surface area contributed by atoms with Gasteiger partial charge >= 0.3 is 6.18 Å². The Labute approximate surface area is 238 Å². The van der Waals surface area contributed by atoms with E-state index in [1.54, 1.807) is 18.2 Å². The van der Waals surface area contributed by atoms with Gasteiger partial charge < -0.3 is 10.1 Å². The average Bonchev–Trinajstić information content (AvgIpc) is 2.89. The molecule has 1 N–H and O–H groups in total. The maximum Gasteiger partial charge on any atom is 0.416 e. The number of rotatable bonds is 9. The molecule has 214 valence electrons. The van der Waals surface area contributed by atoms with E-state index in [4.69, 9.17) is 16.3 Å². The van der Waals surface area contributed by atoms with Crippen LogP contribution in [0.15, 0.2) is 54.6 Å². The van der Waals surface area contributed by atoms with Gasteiger partial charge in [-0.2, -0.15) is 13.2 Å². The molecular formula is C31H35ClF3N3O2. The maximum atomic E-state index is 13.5. The van der Waals surface area contributed by atoms with E-state index in [0.717, 1.165) is 61.1 Å². The van der Waals surface area contributed by atoms with Gasteiger partial charge in [-0.3, -0.25) is 9.69 Å². The summed E-state index contributed by atoms with van der Waals surface area (Å²) in [4.78, 5) is 19.3. The molecule has 0 bridgehead atoms. The van der Waals surface area contributed by atoms with Gasteiger partial charge in [-0.25, -0.2) is 4.98 Å². The summed E-state index contributed by atoms with van der Waals surface area (Å²) in [7, 11) is 0. The van der Waals surface area contributed by atoms with Gasteiger partial charge in [0.1, 0.15) is 10.9 Å². The van der Waals surface area contributed by atoms with E-state index >= 15 is 0 Å². The molecule has 1 fully saturated rings. The zero-order valence-electron chi connectivity index (χ0n) is 23.0. The van der Waals surface area contributed by atoms with Crippen molar-refractivity contribution in [1.29, 1.82) is 0 Å². The molecule has 9 heteroatoms. The molecule has 1 aliphatic rings. The summed E-state index contributed by atoms with van der Waals surface area (Å²) >= 11 is 5.97. The van der Waals surface area contributed by atoms with E-state index in [1.807, 2.05) is 32.0 Å². The van der Waals surface area contributed by atoms with E-state index < -0.39 is 11.7 Å². The lowest BCUT2D eigenvalue weighted by molar-refractivity contribution is -0.137. The Balaban J connectivity index is 1.46. The third kappa shape index (κ3) is 7.55. The summed E-state index contributed by atoms with van der Waals surface area (Å²) in [6.07, 6.45) is -0.175. The van der Waals surface area contributed by atoms with Crippen LogP contribution in [0.2, 0.25) is 5.15 Å². The van der Waals surface area contributed by atoms with Crippen molar-refractivity contribution in [3.63, 3.8) is 0 Å². The number of amides is 1. The Morgan fingerprint density at radius 3 is 2.55 bits per heavy atom. The first kappa shape index (κ1) is 29.9. The molecule has 1 amide bonds. The van der Waals surface area contributed by atoms with Crippen LogP contribution in [0, 0.1) is 13.8 Å². The number of carbonyl (C=O) groups excluding carboxylic acids is 1. The molecule has 0 saturated carbocycles. The third-order valence-corrected chi connectivity index (χ3v) is 7.76. The summed E-state index contributed by atoms with van der Waals surface area (Å²) in [6, 6.07) is 14.6. The smallest absolute Gasteiger partial charge is 0.416 e. The lowest BCUT2D eigenvalue weighted by Gasteiger charge is -2.40. The van der Waals surface area contributed by atoms with E-state index in [-0.39, 0.29) is 34.8 Å². The van der Waals surface area contributed by atoms with Gasteiger partial charge in [0.15, 0.2) is 0 Å².